The van der Waals surface area contributed by atoms with E-state index in [1.54, 1.807) is 26.0 Å². The molecule has 0 amide bonds. The van der Waals surface area contributed by atoms with Gasteiger partial charge in [-0.25, -0.2) is 9.59 Å². The van der Waals surface area contributed by atoms with Gasteiger partial charge in [-0.05, 0) is 440 Å². The van der Waals surface area contributed by atoms with E-state index in [2.05, 4.69) is 74.4 Å². The molecule has 5 N–H and O–H groups in total. The second-order valence-electron chi connectivity index (χ2n) is 54.1. The van der Waals surface area contributed by atoms with E-state index in [4.69, 9.17) is 52.5 Å². The lowest BCUT2D eigenvalue weighted by atomic mass is 9.46. The highest BCUT2D eigenvalue weighted by Crippen LogP contribution is 2.67. The molecular formula is C122H194O23. The second-order valence-corrected chi connectivity index (χ2v) is 54.1. The molecule has 21 fully saturated rings. The molecule has 2 aromatic carbocycles. The van der Waals surface area contributed by atoms with Crippen molar-refractivity contribution < 1.29 is 111 Å². The number of ether oxygens (including phenoxy) is 10. The number of aliphatic hydroxyl groups excluding tert-OH is 1. The van der Waals surface area contributed by atoms with Crippen LogP contribution in [0.3, 0.4) is 0 Å². The third kappa shape index (κ3) is 27.4. The summed E-state index contributed by atoms with van der Waals surface area (Å²) in [5.41, 5.74) is -3.70. The maximum Gasteiger partial charge on any atom is 0.347 e. The number of phenols is 1. The fraction of sp³-hybridized carbons (Fsp3) is 0.836. The molecule has 13 atom stereocenters. The van der Waals surface area contributed by atoms with Gasteiger partial charge in [0.05, 0.1) is 55.9 Å². The summed E-state index contributed by atoms with van der Waals surface area (Å²) in [5.74, 6) is 9.06. The van der Waals surface area contributed by atoms with Crippen molar-refractivity contribution in [1.82, 2.24) is 0 Å². The summed E-state index contributed by atoms with van der Waals surface area (Å²) >= 11 is 0. The fourth-order valence-electron chi connectivity index (χ4n) is 29.0. The van der Waals surface area contributed by atoms with Crippen molar-refractivity contribution in [2.24, 2.45) is 115 Å². The molecule has 2 heterocycles. The van der Waals surface area contributed by atoms with Crippen LogP contribution in [0.2, 0.25) is 0 Å². The highest BCUT2D eigenvalue weighted by atomic mass is 16.6. The minimum atomic E-state index is -0.842. The fourth-order valence-corrected chi connectivity index (χ4v) is 29.0. The van der Waals surface area contributed by atoms with E-state index >= 15 is 0 Å². The van der Waals surface area contributed by atoms with E-state index in [-0.39, 0.29) is 111 Å². The average Bonchev–Trinajstić information content (AvgIpc) is 1.26. The Morgan fingerprint density at radius 3 is 1.28 bits per heavy atom. The van der Waals surface area contributed by atoms with Crippen molar-refractivity contribution in [3.05, 3.63) is 59.7 Å². The Morgan fingerprint density at radius 2 is 0.841 bits per heavy atom. The van der Waals surface area contributed by atoms with Crippen molar-refractivity contribution in [1.29, 1.82) is 0 Å². The van der Waals surface area contributed by atoms with Crippen LogP contribution in [0.15, 0.2) is 48.5 Å². The van der Waals surface area contributed by atoms with Gasteiger partial charge in [-0.2, -0.15) is 0 Å². The molecule has 820 valence electrons. The third-order valence-corrected chi connectivity index (χ3v) is 39.9. The number of aliphatic hydroxyl groups is 4. The first kappa shape index (κ1) is 117. The summed E-state index contributed by atoms with van der Waals surface area (Å²) < 4.78 is 56.5. The van der Waals surface area contributed by atoms with Crippen molar-refractivity contribution in [3.8, 4) is 11.5 Å². The first-order valence-electron chi connectivity index (χ1n) is 57.4. The Labute approximate surface area is 871 Å². The van der Waals surface area contributed by atoms with Crippen LogP contribution >= 0.6 is 0 Å². The summed E-state index contributed by atoms with van der Waals surface area (Å²) in [4.78, 5) is 96.7. The Bertz CT molecular complexity index is 4600. The Balaban J connectivity index is 0.000000149. The topological polar surface area (TPSA) is 330 Å². The lowest BCUT2D eigenvalue weighted by Gasteiger charge is -2.62. The van der Waals surface area contributed by atoms with Crippen LogP contribution in [-0.4, -0.2) is 156 Å². The van der Waals surface area contributed by atoms with E-state index < -0.39 is 62.4 Å². The average molecular weight is 2030 g/mol. The first-order valence-corrected chi connectivity index (χ1v) is 57.4. The molecule has 2 aromatic rings. The van der Waals surface area contributed by atoms with Gasteiger partial charge in [0.25, 0.3) is 0 Å². The standard InChI is InChI=1S/C19H28O3.C19H32O2.C18H30O2.C16H26O4.C16H26O3.C14H22O4.C10H16O4.C10H14O/c1-4-15(2)16-8-10-17(11-9-16)21-14-18(20)22-19(3)12-6-5-7-13-19;1-6-17(2,3)16(20)21-18(4,5)19-10-13-7-14(11-19)9-15(8-13)12-19;1-5-17(3,4)16(19)20-18(6-2)14-8-12-7-13(10-14)11-15(18)9-12;1-4-13(2,3)12(17)20-16-7-11-5-14(18,9-16)8-15(19,6-11)10-16;1-4-14(2,3)13(17)19-16-8-11-5-12(9-16)7-15(18,6-11)10-16;1-4-14(2,3)13(16)18-10-7-5-8-9(6-7)12(15)17-11(8)10;1-4-10(2,3)9(12)14-7-5-6-13-8(7)11;1-3-8(2)9-4-6-10(11)7-5-9/h8-11,15H,4-7,12-14H2,1-3H3;13-15H,6-12H2,1-5H3;12-15H,5-11H2,1-4H3;11,18-19H,4-10H2,1-3H3;11-12,18H,4-10H2,1-3H3;7-12,15H,4-6H2,1-3H3;7H,4-6H2,1-3H3;4-8,11H,3H2,1-2H3. The predicted molar refractivity (Wildman–Crippen MR) is 561 cm³/mol. The van der Waals surface area contributed by atoms with Crippen LogP contribution in [0.5, 0.6) is 11.5 Å². The van der Waals surface area contributed by atoms with Gasteiger partial charge in [-0.3, -0.25) is 28.8 Å². The summed E-state index contributed by atoms with van der Waals surface area (Å²) in [6.45, 7) is 52.9. The van der Waals surface area contributed by atoms with Crippen LogP contribution in [0.4, 0.5) is 0 Å². The van der Waals surface area contributed by atoms with Gasteiger partial charge in [-0.1, -0.05) is 107 Å². The van der Waals surface area contributed by atoms with Gasteiger partial charge in [0.15, 0.2) is 12.9 Å². The number of phenolic OH excluding ortho intramolecular Hbond substituents is 1. The Hall–Kier alpha value is -6.40. The molecule has 0 spiro atoms. The summed E-state index contributed by atoms with van der Waals surface area (Å²) in [5, 5.41) is 50.8. The molecule has 145 heavy (non-hydrogen) atoms. The Morgan fingerprint density at radius 1 is 0.434 bits per heavy atom. The zero-order valence-corrected chi connectivity index (χ0v) is 94.4. The molecule has 2 saturated heterocycles. The van der Waals surface area contributed by atoms with Gasteiger partial charge in [0, 0.05) is 43.4 Å². The van der Waals surface area contributed by atoms with E-state index in [0.29, 0.717) is 98.2 Å². The van der Waals surface area contributed by atoms with E-state index in [9.17, 15) is 58.8 Å². The number of carbonyl (C=O) groups is 8. The molecule has 19 saturated carbocycles. The quantitative estimate of drug-likeness (QED) is 0.0390. The molecule has 23 nitrogen and oxygen atoms in total. The van der Waals surface area contributed by atoms with Gasteiger partial charge >= 0.3 is 47.8 Å². The summed E-state index contributed by atoms with van der Waals surface area (Å²) in [7, 11) is 0. The van der Waals surface area contributed by atoms with Crippen LogP contribution in [0, 0.1) is 115 Å². The number of benzene rings is 2. The number of aromatic hydroxyl groups is 1. The van der Waals surface area contributed by atoms with E-state index in [0.717, 1.165) is 170 Å². The zero-order chi connectivity index (χ0) is 107. The third-order valence-electron chi connectivity index (χ3n) is 39.9. The van der Waals surface area contributed by atoms with Crippen molar-refractivity contribution in [3.63, 3.8) is 0 Å². The van der Waals surface area contributed by atoms with Gasteiger partial charge < -0.3 is 72.9 Å². The number of carbonyl (C=O) groups excluding carboxylic acids is 8. The number of hydrogen-bond acceptors (Lipinski definition) is 23. The highest BCUT2D eigenvalue weighted by molar-refractivity contribution is 5.83. The van der Waals surface area contributed by atoms with Gasteiger partial charge in [0.1, 0.15) is 51.7 Å². The van der Waals surface area contributed by atoms with Gasteiger partial charge in [-0.15, -0.1) is 0 Å². The van der Waals surface area contributed by atoms with Crippen LogP contribution in [0.1, 0.15) is 460 Å². The Kier molecular flexibility index (Phi) is 37.1. The molecule has 0 aromatic heterocycles. The SMILES string of the molecule is CCC(C)(C)C(=O)OC(C)(C)C12CC3CC(CC(C3)C1)C2.CCC(C)(C)C(=O)OC1(CC)C2CC3CC(C2)CC1C3.CCC(C)(C)C(=O)OC12CC3CC(CC(O)(C3)C1)C2.CCC(C)(C)C(=O)OC12CC3CC(O)(CC(O)(C3)C1)C2.CCC(C)(C)C(=O)OC1C2CC3C(O)OC1C3C2.CCC(C)(C)C(=O)OC1CCOC1=O.CCC(C)c1ccc(O)cc1.CCC(C)c1ccc(OCC(=O)OC2(C)CCCCC2)cc1. The molecular weight excluding hydrogens is 1830 g/mol. The van der Waals surface area contributed by atoms with Crippen molar-refractivity contribution in [2.45, 2.75) is 518 Å². The summed E-state index contributed by atoms with van der Waals surface area (Å²) in [6.07, 6.45) is 38.5. The minimum absolute atomic E-state index is 0.00857. The number of cyclic esters (lactones) is 1. The van der Waals surface area contributed by atoms with E-state index in [1.165, 1.54) is 94.6 Å². The predicted octanol–water partition coefficient (Wildman–Crippen LogP) is 25.5. The van der Waals surface area contributed by atoms with Gasteiger partial charge in [0.2, 0.25) is 6.10 Å². The molecule has 23 rings (SSSR count). The molecule has 21 aliphatic rings. The minimum Gasteiger partial charge on any atom is -0.508 e. The number of rotatable bonds is 28. The smallest absolute Gasteiger partial charge is 0.347 e. The lowest BCUT2D eigenvalue weighted by Crippen LogP contribution is -2.67. The van der Waals surface area contributed by atoms with Crippen LogP contribution in [0.25, 0.3) is 0 Å². The summed E-state index contributed by atoms with van der Waals surface area (Å²) in [6, 6.07) is 15.4. The molecule has 19 aliphatic carbocycles. The monoisotopic (exact) mass is 2030 g/mol. The molecule has 13 unspecified atom stereocenters. The second kappa shape index (κ2) is 45.9. The number of hydrogen-bond donors (Lipinski definition) is 5. The normalized spacial score (nSPS) is 35.3. The maximum atomic E-state index is 12.6. The first-order chi connectivity index (χ1) is 67.6. The molecule has 18 bridgehead atoms. The highest BCUT2D eigenvalue weighted by Gasteiger charge is 2.68. The maximum absolute atomic E-state index is 12.6. The van der Waals surface area contributed by atoms with Crippen LogP contribution in [-0.2, 0) is 81.0 Å². The van der Waals surface area contributed by atoms with Crippen molar-refractivity contribution >= 4 is 47.8 Å². The van der Waals surface area contributed by atoms with Crippen molar-refractivity contribution in [2.75, 3.05) is 13.2 Å². The van der Waals surface area contributed by atoms with Crippen LogP contribution < -0.4 is 4.74 Å². The molecule has 0 radical (unpaired) electrons. The molecule has 2 aliphatic heterocycles. The largest absolute Gasteiger partial charge is 0.508 e. The number of esters is 8. The number of fused-ring (bicyclic) bond motifs is 1. The molecule has 23 heteroatoms. The zero-order valence-electron chi connectivity index (χ0n) is 94.4. The lowest BCUT2D eigenvalue weighted by molar-refractivity contribution is -0.264. The van der Waals surface area contributed by atoms with E-state index in [1.807, 2.05) is 128 Å².